The average molecular weight is 274 g/mol. The van der Waals surface area contributed by atoms with Crippen molar-refractivity contribution in [1.29, 1.82) is 5.26 Å². The van der Waals surface area contributed by atoms with Gasteiger partial charge in [0.05, 0.1) is 18.8 Å². The molecule has 110 valence electrons. The predicted molar refractivity (Wildman–Crippen MR) is 82.3 cm³/mol. The van der Waals surface area contributed by atoms with Crippen molar-refractivity contribution in [2.24, 2.45) is 0 Å². The fraction of sp³-hybridized carbons (Fsp3) is 0.588. The van der Waals surface area contributed by atoms with Crippen LogP contribution in [0, 0.1) is 11.3 Å². The molecule has 1 N–H and O–H groups in total. The normalized spacial score (nSPS) is 15.3. The summed E-state index contributed by atoms with van der Waals surface area (Å²) in [5, 5.41) is 13.1. The SMILES string of the molecule is CCCNC(C#N)(CCOC(C)CC)c1ccccc1. The van der Waals surface area contributed by atoms with Crippen molar-refractivity contribution in [2.45, 2.75) is 51.7 Å². The molecular formula is C17H26N2O. The van der Waals surface area contributed by atoms with Crippen LogP contribution in [0.3, 0.4) is 0 Å². The molecule has 0 amide bonds. The minimum atomic E-state index is -0.648. The zero-order valence-electron chi connectivity index (χ0n) is 12.9. The van der Waals surface area contributed by atoms with Crippen molar-refractivity contribution < 1.29 is 4.74 Å². The smallest absolute Gasteiger partial charge is 0.134 e. The van der Waals surface area contributed by atoms with Crippen molar-refractivity contribution in [3.05, 3.63) is 35.9 Å². The summed E-state index contributed by atoms with van der Waals surface area (Å²) >= 11 is 0. The van der Waals surface area contributed by atoms with E-state index in [-0.39, 0.29) is 6.10 Å². The highest BCUT2D eigenvalue weighted by Crippen LogP contribution is 2.25. The van der Waals surface area contributed by atoms with Gasteiger partial charge in [-0.15, -0.1) is 0 Å². The van der Waals surface area contributed by atoms with E-state index >= 15 is 0 Å². The van der Waals surface area contributed by atoms with Crippen molar-refractivity contribution >= 4 is 0 Å². The van der Waals surface area contributed by atoms with Crippen LogP contribution in [0.5, 0.6) is 0 Å². The second kappa shape index (κ2) is 8.73. The molecule has 20 heavy (non-hydrogen) atoms. The predicted octanol–water partition coefficient (Wildman–Crippen LogP) is 3.61. The molecule has 3 heteroatoms. The number of nitrogens with zero attached hydrogens (tertiary/aromatic N) is 1. The van der Waals surface area contributed by atoms with E-state index in [0.29, 0.717) is 13.0 Å². The van der Waals surface area contributed by atoms with Crippen LogP contribution in [0.15, 0.2) is 30.3 Å². The molecular weight excluding hydrogens is 248 g/mol. The Balaban J connectivity index is 2.81. The molecule has 3 nitrogen and oxygen atoms in total. The minimum absolute atomic E-state index is 0.244. The van der Waals surface area contributed by atoms with Gasteiger partial charge < -0.3 is 4.74 Å². The summed E-state index contributed by atoms with van der Waals surface area (Å²) in [4.78, 5) is 0. The Hall–Kier alpha value is -1.37. The maximum absolute atomic E-state index is 9.71. The number of nitriles is 1. The quantitative estimate of drug-likeness (QED) is 0.748. The highest BCUT2D eigenvalue weighted by Gasteiger charge is 2.31. The van der Waals surface area contributed by atoms with Crippen molar-refractivity contribution in [3.8, 4) is 6.07 Å². The summed E-state index contributed by atoms with van der Waals surface area (Å²) < 4.78 is 5.76. The summed E-state index contributed by atoms with van der Waals surface area (Å²) in [5.41, 5.74) is 0.369. The van der Waals surface area contributed by atoms with Crippen LogP contribution in [0.4, 0.5) is 0 Å². The lowest BCUT2D eigenvalue weighted by molar-refractivity contribution is 0.0517. The number of benzene rings is 1. The number of rotatable bonds is 9. The largest absolute Gasteiger partial charge is 0.378 e. The zero-order chi connectivity index (χ0) is 14.8. The van der Waals surface area contributed by atoms with Crippen LogP contribution in [0.1, 0.15) is 45.6 Å². The first kappa shape index (κ1) is 16.7. The molecule has 0 spiro atoms. The maximum Gasteiger partial charge on any atom is 0.134 e. The molecule has 0 radical (unpaired) electrons. The van der Waals surface area contributed by atoms with Crippen LogP contribution in [0.25, 0.3) is 0 Å². The molecule has 0 aliphatic rings. The van der Waals surface area contributed by atoms with Gasteiger partial charge in [-0.2, -0.15) is 5.26 Å². The van der Waals surface area contributed by atoms with Gasteiger partial charge in [-0.25, -0.2) is 0 Å². The lowest BCUT2D eigenvalue weighted by atomic mass is 9.88. The summed E-state index contributed by atoms with van der Waals surface area (Å²) in [6.45, 7) is 7.69. The third kappa shape index (κ3) is 4.63. The Labute approximate surface area is 123 Å². The summed E-state index contributed by atoms with van der Waals surface area (Å²) in [6.07, 6.45) is 2.90. The van der Waals surface area contributed by atoms with Gasteiger partial charge >= 0.3 is 0 Å². The molecule has 1 rings (SSSR count). The Morgan fingerprint density at radius 2 is 2.00 bits per heavy atom. The topological polar surface area (TPSA) is 45.0 Å². The second-order valence-corrected chi connectivity index (χ2v) is 5.15. The molecule has 0 aliphatic carbocycles. The molecule has 0 bridgehead atoms. The number of hydrogen-bond acceptors (Lipinski definition) is 3. The molecule has 0 aromatic heterocycles. The van der Waals surface area contributed by atoms with Gasteiger partial charge in [-0.1, -0.05) is 44.2 Å². The first-order valence-corrected chi connectivity index (χ1v) is 7.52. The van der Waals surface area contributed by atoms with Crippen LogP contribution in [-0.2, 0) is 10.3 Å². The summed E-state index contributed by atoms with van der Waals surface area (Å²) in [5.74, 6) is 0. The lowest BCUT2D eigenvalue weighted by Gasteiger charge is -2.29. The first-order chi connectivity index (χ1) is 9.68. The van der Waals surface area contributed by atoms with Gasteiger partial charge in [0.15, 0.2) is 0 Å². The lowest BCUT2D eigenvalue weighted by Crippen LogP contribution is -2.42. The van der Waals surface area contributed by atoms with Gasteiger partial charge in [0.2, 0.25) is 0 Å². The highest BCUT2D eigenvalue weighted by molar-refractivity contribution is 5.31. The summed E-state index contributed by atoms with van der Waals surface area (Å²) in [7, 11) is 0. The van der Waals surface area contributed by atoms with Crippen molar-refractivity contribution in [3.63, 3.8) is 0 Å². The van der Waals surface area contributed by atoms with Gasteiger partial charge in [-0.3, -0.25) is 5.32 Å². The van der Waals surface area contributed by atoms with Crippen LogP contribution in [0.2, 0.25) is 0 Å². The fourth-order valence-corrected chi connectivity index (χ4v) is 2.09. The van der Waals surface area contributed by atoms with E-state index in [0.717, 1.165) is 24.9 Å². The van der Waals surface area contributed by atoms with E-state index in [4.69, 9.17) is 4.74 Å². The van der Waals surface area contributed by atoms with Crippen LogP contribution >= 0.6 is 0 Å². The molecule has 0 saturated heterocycles. The van der Waals surface area contributed by atoms with Crippen molar-refractivity contribution in [1.82, 2.24) is 5.32 Å². The number of hydrogen-bond donors (Lipinski definition) is 1. The zero-order valence-corrected chi connectivity index (χ0v) is 12.9. The molecule has 0 fully saturated rings. The first-order valence-electron chi connectivity index (χ1n) is 7.52. The van der Waals surface area contributed by atoms with E-state index in [1.54, 1.807) is 0 Å². The summed E-state index contributed by atoms with van der Waals surface area (Å²) in [6, 6.07) is 12.4. The molecule has 0 heterocycles. The van der Waals surface area contributed by atoms with E-state index < -0.39 is 5.54 Å². The van der Waals surface area contributed by atoms with E-state index in [2.05, 4.69) is 32.2 Å². The highest BCUT2D eigenvalue weighted by atomic mass is 16.5. The Morgan fingerprint density at radius 1 is 1.30 bits per heavy atom. The van der Waals surface area contributed by atoms with Gasteiger partial charge in [0, 0.05) is 6.42 Å². The van der Waals surface area contributed by atoms with E-state index in [9.17, 15) is 5.26 Å². The molecule has 0 saturated carbocycles. The van der Waals surface area contributed by atoms with Crippen LogP contribution < -0.4 is 5.32 Å². The Kier molecular flexibility index (Phi) is 7.28. The standard InChI is InChI=1S/C17H26N2O/c1-4-12-19-17(14-18,11-13-20-15(3)5-2)16-9-7-6-8-10-16/h6-10,15,19H,4-5,11-13H2,1-3H3. The van der Waals surface area contributed by atoms with E-state index in [1.807, 2.05) is 30.3 Å². The maximum atomic E-state index is 9.71. The molecule has 2 unspecified atom stereocenters. The Bertz CT molecular complexity index is 413. The average Bonchev–Trinajstić information content (AvgIpc) is 2.51. The third-order valence-corrected chi connectivity index (χ3v) is 3.59. The molecule has 1 aromatic carbocycles. The van der Waals surface area contributed by atoms with Gasteiger partial charge in [-0.05, 0) is 31.9 Å². The van der Waals surface area contributed by atoms with Gasteiger partial charge in [0.25, 0.3) is 0 Å². The number of ether oxygens (including phenoxy) is 1. The third-order valence-electron chi connectivity index (χ3n) is 3.59. The minimum Gasteiger partial charge on any atom is -0.378 e. The van der Waals surface area contributed by atoms with E-state index in [1.165, 1.54) is 0 Å². The van der Waals surface area contributed by atoms with Crippen molar-refractivity contribution in [2.75, 3.05) is 13.2 Å². The van der Waals surface area contributed by atoms with Gasteiger partial charge in [0.1, 0.15) is 5.54 Å². The molecule has 1 aromatic rings. The fourth-order valence-electron chi connectivity index (χ4n) is 2.09. The second-order valence-electron chi connectivity index (χ2n) is 5.15. The monoisotopic (exact) mass is 274 g/mol. The molecule has 2 atom stereocenters. The Morgan fingerprint density at radius 3 is 2.55 bits per heavy atom. The number of nitrogens with one attached hydrogen (secondary N) is 1. The van der Waals surface area contributed by atoms with Crippen LogP contribution in [-0.4, -0.2) is 19.3 Å². The molecule has 0 aliphatic heterocycles.